The van der Waals surface area contributed by atoms with E-state index in [1.807, 2.05) is 37.3 Å². The van der Waals surface area contributed by atoms with Gasteiger partial charge in [-0.25, -0.2) is 4.79 Å². The van der Waals surface area contributed by atoms with Crippen LogP contribution >= 0.6 is 0 Å². The molecule has 1 aromatic carbocycles. The van der Waals surface area contributed by atoms with Crippen molar-refractivity contribution in [1.82, 2.24) is 5.32 Å². The normalized spacial score (nSPS) is 23.1. The van der Waals surface area contributed by atoms with Crippen molar-refractivity contribution < 1.29 is 19.1 Å². The summed E-state index contributed by atoms with van der Waals surface area (Å²) in [6, 6.07) is 9.89. The highest BCUT2D eigenvalue weighted by atomic mass is 16.5. The molecule has 0 aromatic heterocycles. The van der Waals surface area contributed by atoms with Crippen LogP contribution in [-0.2, 0) is 19.1 Å². The largest absolute Gasteiger partial charge is 0.467 e. The first-order valence-corrected chi connectivity index (χ1v) is 7.92. The minimum atomic E-state index is -1.18. The fraction of sp³-hybridized carbons (Fsp3) is 0.368. The number of nitrogens with one attached hydrogen (secondary N) is 1. The Morgan fingerprint density at radius 3 is 2.42 bits per heavy atom. The first-order chi connectivity index (χ1) is 11.5. The highest BCUT2D eigenvalue weighted by Gasteiger charge is 2.48. The molecule has 1 fully saturated rings. The van der Waals surface area contributed by atoms with E-state index in [9.17, 15) is 9.59 Å². The first kappa shape index (κ1) is 16.5. The van der Waals surface area contributed by atoms with Gasteiger partial charge in [0.05, 0.1) is 20.3 Å². The zero-order chi connectivity index (χ0) is 17.3. The Labute approximate surface area is 141 Å². The van der Waals surface area contributed by atoms with Crippen molar-refractivity contribution in [1.29, 1.82) is 0 Å². The first-order valence-electron chi connectivity index (χ1n) is 7.92. The summed E-state index contributed by atoms with van der Waals surface area (Å²) in [5.41, 5.74) is 3.77. The van der Waals surface area contributed by atoms with Gasteiger partial charge in [-0.1, -0.05) is 30.3 Å². The van der Waals surface area contributed by atoms with Crippen LogP contribution in [-0.4, -0.2) is 37.7 Å². The number of carbonyl (C=O) groups is 2. The van der Waals surface area contributed by atoms with E-state index in [4.69, 9.17) is 9.47 Å². The minimum Gasteiger partial charge on any atom is -0.467 e. The minimum absolute atomic E-state index is 0.268. The van der Waals surface area contributed by atoms with Crippen molar-refractivity contribution in [3.05, 3.63) is 52.6 Å². The number of rotatable bonds is 3. The van der Waals surface area contributed by atoms with Gasteiger partial charge >= 0.3 is 5.97 Å². The molecule has 2 aliphatic rings. The van der Waals surface area contributed by atoms with E-state index in [0.29, 0.717) is 19.6 Å². The van der Waals surface area contributed by atoms with E-state index in [0.717, 1.165) is 27.9 Å². The summed E-state index contributed by atoms with van der Waals surface area (Å²) in [4.78, 5) is 24.5. The van der Waals surface area contributed by atoms with Gasteiger partial charge in [0, 0.05) is 13.3 Å². The Balaban J connectivity index is 2.20. The maximum Gasteiger partial charge on any atom is 0.336 e. The Bertz CT molecular complexity index is 748. The van der Waals surface area contributed by atoms with Crippen LogP contribution in [0.2, 0.25) is 0 Å². The quantitative estimate of drug-likeness (QED) is 0.865. The van der Waals surface area contributed by atoms with Gasteiger partial charge in [0.1, 0.15) is 0 Å². The molecule has 1 heterocycles. The molecule has 126 valence electrons. The number of amides is 1. The molecular formula is C19H21NO4. The maximum absolute atomic E-state index is 12.7. The summed E-state index contributed by atoms with van der Waals surface area (Å²) in [6.07, 6.45) is 0.358. The van der Waals surface area contributed by atoms with Crippen molar-refractivity contribution in [2.75, 3.05) is 20.3 Å². The molecule has 0 saturated carbocycles. The molecule has 0 unspecified atom stereocenters. The third-order valence-corrected chi connectivity index (χ3v) is 4.80. The molecule has 0 radical (unpaired) electrons. The lowest BCUT2D eigenvalue weighted by molar-refractivity contribution is -0.148. The van der Waals surface area contributed by atoms with Crippen LogP contribution in [0.3, 0.4) is 0 Å². The van der Waals surface area contributed by atoms with E-state index in [2.05, 4.69) is 5.32 Å². The predicted molar refractivity (Wildman–Crippen MR) is 90.1 cm³/mol. The van der Waals surface area contributed by atoms with Gasteiger partial charge in [0.15, 0.2) is 5.54 Å². The molecule has 1 aliphatic heterocycles. The third-order valence-electron chi connectivity index (χ3n) is 4.80. The number of benzene rings is 1. The monoisotopic (exact) mass is 327 g/mol. The second-order valence-electron chi connectivity index (χ2n) is 6.17. The number of esters is 1. The van der Waals surface area contributed by atoms with Crippen molar-refractivity contribution in [2.45, 2.75) is 25.8 Å². The van der Waals surface area contributed by atoms with Crippen molar-refractivity contribution in [3.63, 3.8) is 0 Å². The summed E-state index contributed by atoms with van der Waals surface area (Å²) < 4.78 is 10.7. The molecule has 1 atom stereocenters. The van der Waals surface area contributed by atoms with Gasteiger partial charge in [0.2, 0.25) is 5.91 Å². The van der Waals surface area contributed by atoms with E-state index < -0.39 is 11.5 Å². The van der Waals surface area contributed by atoms with Crippen molar-refractivity contribution in [2.24, 2.45) is 0 Å². The maximum atomic E-state index is 12.7. The van der Waals surface area contributed by atoms with E-state index in [-0.39, 0.29) is 5.91 Å². The molecular weight excluding hydrogens is 306 g/mol. The molecule has 1 saturated heterocycles. The van der Waals surface area contributed by atoms with Crippen LogP contribution < -0.4 is 5.32 Å². The van der Waals surface area contributed by atoms with Gasteiger partial charge in [0.25, 0.3) is 0 Å². The second-order valence-corrected chi connectivity index (χ2v) is 6.17. The summed E-state index contributed by atoms with van der Waals surface area (Å²) in [5, 5.41) is 2.85. The van der Waals surface area contributed by atoms with Crippen LogP contribution in [0.5, 0.6) is 0 Å². The van der Waals surface area contributed by atoms with Gasteiger partial charge in [-0.15, -0.1) is 0 Å². The lowest BCUT2D eigenvalue weighted by Gasteiger charge is -2.38. The zero-order valence-electron chi connectivity index (χ0n) is 14.1. The molecule has 5 nitrogen and oxygen atoms in total. The fourth-order valence-electron chi connectivity index (χ4n) is 3.60. The molecule has 5 heteroatoms. The smallest absolute Gasteiger partial charge is 0.336 e. The van der Waals surface area contributed by atoms with Crippen LogP contribution in [0.25, 0.3) is 5.57 Å². The van der Waals surface area contributed by atoms with Gasteiger partial charge in [-0.2, -0.15) is 0 Å². The lowest BCUT2D eigenvalue weighted by Crippen LogP contribution is -2.57. The predicted octanol–water partition coefficient (Wildman–Crippen LogP) is 2.24. The standard InChI is InChI=1S/C19H21NO4/c1-12-16-10-24-11-17(16)15(14-7-5-4-6-8-14)9-19(12,18(22)23-3)20-13(2)21/h4-8H,9-11H2,1-3H3,(H,20,21)/t19-/m0/s1. The van der Waals surface area contributed by atoms with Gasteiger partial charge in [-0.05, 0) is 34.8 Å². The molecule has 24 heavy (non-hydrogen) atoms. The van der Waals surface area contributed by atoms with Crippen LogP contribution in [0.15, 0.2) is 47.1 Å². The van der Waals surface area contributed by atoms with Crippen LogP contribution in [0.4, 0.5) is 0 Å². The van der Waals surface area contributed by atoms with Crippen molar-refractivity contribution >= 4 is 17.4 Å². The second kappa shape index (κ2) is 6.24. The molecule has 1 aromatic rings. The number of carbonyl (C=O) groups excluding carboxylic acids is 2. The van der Waals surface area contributed by atoms with Crippen LogP contribution in [0.1, 0.15) is 25.8 Å². The zero-order valence-corrected chi connectivity index (χ0v) is 14.1. The Morgan fingerprint density at radius 1 is 1.12 bits per heavy atom. The highest BCUT2D eigenvalue weighted by molar-refractivity contribution is 5.95. The van der Waals surface area contributed by atoms with E-state index >= 15 is 0 Å². The van der Waals surface area contributed by atoms with Gasteiger partial charge < -0.3 is 14.8 Å². The van der Waals surface area contributed by atoms with E-state index in [1.165, 1.54) is 14.0 Å². The van der Waals surface area contributed by atoms with Crippen LogP contribution in [0, 0.1) is 0 Å². The van der Waals surface area contributed by atoms with E-state index in [1.54, 1.807) is 0 Å². The number of methoxy groups -OCH3 is 1. The average molecular weight is 327 g/mol. The number of ether oxygens (including phenoxy) is 2. The summed E-state index contributed by atoms with van der Waals surface area (Å²) in [7, 11) is 1.34. The molecule has 1 amide bonds. The highest BCUT2D eigenvalue weighted by Crippen LogP contribution is 2.44. The Morgan fingerprint density at radius 2 is 1.79 bits per heavy atom. The SMILES string of the molecule is COC(=O)[C@]1(NC(C)=O)CC(c2ccccc2)=C2COCC2=C1C. The molecule has 1 aliphatic carbocycles. The lowest BCUT2D eigenvalue weighted by atomic mass is 9.72. The summed E-state index contributed by atoms with van der Waals surface area (Å²) >= 11 is 0. The number of hydrogen-bond acceptors (Lipinski definition) is 4. The topological polar surface area (TPSA) is 64.6 Å². The summed E-state index contributed by atoms with van der Waals surface area (Å²) in [5.74, 6) is -0.725. The van der Waals surface area contributed by atoms with Crippen molar-refractivity contribution in [3.8, 4) is 0 Å². The Hall–Kier alpha value is -2.40. The molecule has 3 rings (SSSR count). The summed E-state index contributed by atoms with van der Waals surface area (Å²) in [6.45, 7) is 4.25. The number of hydrogen-bond donors (Lipinski definition) is 1. The molecule has 0 bridgehead atoms. The fourth-order valence-corrected chi connectivity index (χ4v) is 3.60. The number of fused-ring (bicyclic) bond motifs is 1. The molecule has 0 spiro atoms. The Kier molecular flexibility index (Phi) is 4.28. The molecule has 1 N–H and O–H groups in total. The average Bonchev–Trinajstić information content (AvgIpc) is 3.07. The third kappa shape index (κ3) is 2.55. The van der Waals surface area contributed by atoms with Gasteiger partial charge in [-0.3, -0.25) is 4.79 Å².